The molecule has 1 aliphatic rings. The highest BCUT2D eigenvalue weighted by Gasteiger charge is 2.52. The van der Waals surface area contributed by atoms with Gasteiger partial charge in [-0.05, 0) is 40.7 Å². The van der Waals surface area contributed by atoms with Crippen molar-refractivity contribution in [3.05, 3.63) is 18.0 Å². The summed E-state index contributed by atoms with van der Waals surface area (Å²) in [5, 5.41) is 8.18. The summed E-state index contributed by atoms with van der Waals surface area (Å²) in [5.41, 5.74) is 0.802. The first-order valence-corrected chi connectivity index (χ1v) is 7.01. The molecule has 3 rings (SSSR count). The van der Waals surface area contributed by atoms with E-state index in [1.807, 2.05) is 51.2 Å². The highest BCUT2D eigenvalue weighted by molar-refractivity contribution is 6.63. The second-order valence-corrected chi connectivity index (χ2v) is 6.33. The molecule has 112 valence electrons. The van der Waals surface area contributed by atoms with Crippen LogP contribution in [0, 0.1) is 6.92 Å². The third-order valence-electron chi connectivity index (χ3n) is 4.41. The molecule has 1 fully saturated rings. The van der Waals surface area contributed by atoms with Crippen LogP contribution in [-0.4, -0.2) is 40.0 Å². The van der Waals surface area contributed by atoms with Gasteiger partial charge >= 0.3 is 7.12 Å². The van der Waals surface area contributed by atoms with Crippen molar-refractivity contribution in [3.8, 4) is 5.88 Å². The van der Waals surface area contributed by atoms with Crippen LogP contribution in [0.5, 0.6) is 5.88 Å². The van der Waals surface area contributed by atoms with Crippen LogP contribution in [0.4, 0.5) is 0 Å². The Hall–Kier alpha value is -1.60. The predicted molar refractivity (Wildman–Crippen MR) is 80.0 cm³/mol. The first-order chi connectivity index (χ1) is 9.77. The van der Waals surface area contributed by atoms with Gasteiger partial charge in [0.1, 0.15) is 5.82 Å². The average Bonchev–Trinajstić information content (AvgIpc) is 2.87. The second kappa shape index (κ2) is 4.45. The molecule has 1 aliphatic heterocycles. The van der Waals surface area contributed by atoms with E-state index in [1.54, 1.807) is 7.11 Å². The van der Waals surface area contributed by atoms with Crippen LogP contribution < -0.4 is 10.2 Å². The summed E-state index contributed by atoms with van der Waals surface area (Å²) < 4.78 is 19.6. The zero-order valence-corrected chi connectivity index (χ0v) is 13.3. The minimum atomic E-state index is -0.476. The highest BCUT2D eigenvalue weighted by atomic mass is 16.7. The first kappa shape index (κ1) is 14.3. The molecule has 0 aliphatic carbocycles. The van der Waals surface area contributed by atoms with Crippen molar-refractivity contribution >= 4 is 18.2 Å². The van der Waals surface area contributed by atoms with Gasteiger partial charge in [0.15, 0.2) is 11.5 Å². The Balaban J connectivity index is 2.12. The van der Waals surface area contributed by atoms with E-state index in [-0.39, 0.29) is 11.2 Å². The van der Waals surface area contributed by atoms with Gasteiger partial charge in [0, 0.05) is 5.46 Å². The number of nitrogens with zero attached hydrogens (tertiary/aromatic N) is 3. The molecule has 6 nitrogen and oxygen atoms in total. The van der Waals surface area contributed by atoms with Crippen molar-refractivity contribution in [2.24, 2.45) is 0 Å². The van der Waals surface area contributed by atoms with Gasteiger partial charge in [-0.2, -0.15) is 0 Å². The molecule has 21 heavy (non-hydrogen) atoms. The normalized spacial score (nSPS) is 20.2. The average molecular weight is 289 g/mol. The van der Waals surface area contributed by atoms with E-state index in [0.717, 1.165) is 16.9 Å². The fourth-order valence-electron chi connectivity index (χ4n) is 2.46. The summed E-state index contributed by atoms with van der Waals surface area (Å²) in [6.45, 7) is 10.0. The van der Waals surface area contributed by atoms with Crippen molar-refractivity contribution in [2.45, 2.75) is 45.8 Å². The number of pyridine rings is 1. The maximum absolute atomic E-state index is 6.10. The maximum Gasteiger partial charge on any atom is 0.500 e. The quantitative estimate of drug-likeness (QED) is 0.781. The molecule has 0 unspecified atom stereocenters. The summed E-state index contributed by atoms with van der Waals surface area (Å²) in [6.07, 6.45) is 0. The summed E-state index contributed by atoms with van der Waals surface area (Å²) in [4.78, 5) is 0. The molecule has 3 heterocycles. The number of ether oxygens (including phenoxy) is 1. The lowest BCUT2D eigenvalue weighted by Gasteiger charge is -2.32. The molecule has 0 saturated carbocycles. The van der Waals surface area contributed by atoms with Crippen molar-refractivity contribution in [3.63, 3.8) is 0 Å². The Morgan fingerprint density at radius 3 is 2.29 bits per heavy atom. The lowest BCUT2D eigenvalue weighted by molar-refractivity contribution is 0.00578. The topological polar surface area (TPSA) is 57.9 Å². The molecule has 0 atom stereocenters. The van der Waals surface area contributed by atoms with Crippen molar-refractivity contribution in [2.75, 3.05) is 7.11 Å². The number of aryl methyl sites for hydroxylation is 1. The van der Waals surface area contributed by atoms with E-state index in [1.165, 1.54) is 0 Å². The number of rotatable bonds is 2. The predicted octanol–water partition coefficient (Wildman–Crippen LogP) is 1.35. The molecular weight excluding hydrogens is 269 g/mol. The zero-order chi connectivity index (χ0) is 15.4. The Kier molecular flexibility index (Phi) is 3.04. The minimum Gasteiger partial charge on any atom is -0.482 e. The van der Waals surface area contributed by atoms with Crippen LogP contribution in [-0.2, 0) is 9.31 Å². The fourth-order valence-corrected chi connectivity index (χ4v) is 2.46. The number of hydrogen-bond donors (Lipinski definition) is 0. The van der Waals surface area contributed by atoms with Crippen LogP contribution in [0.25, 0.3) is 5.65 Å². The van der Waals surface area contributed by atoms with Crippen molar-refractivity contribution in [1.29, 1.82) is 0 Å². The first-order valence-electron chi connectivity index (χ1n) is 7.01. The van der Waals surface area contributed by atoms with E-state index in [0.29, 0.717) is 5.88 Å². The summed E-state index contributed by atoms with van der Waals surface area (Å²) in [6, 6.07) is 3.81. The third-order valence-corrected chi connectivity index (χ3v) is 4.41. The van der Waals surface area contributed by atoms with Gasteiger partial charge in [-0.3, -0.25) is 0 Å². The standard InChI is InChI=1S/C14H20BN3O3/c1-9-16-17-11-8-7-10(12(19-6)18(9)11)15-20-13(2,3)14(4,5)21-15/h7-8H,1-6H3. The summed E-state index contributed by atoms with van der Waals surface area (Å²) in [7, 11) is 1.15. The highest BCUT2D eigenvalue weighted by Crippen LogP contribution is 2.37. The van der Waals surface area contributed by atoms with Crippen LogP contribution >= 0.6 is 0 Å². The van der Waals surface area contributed by atoms with Crippen molar-refractivity contribution < 1.29 is 14.0 Å². The van der Waals surface area contributed by atoms with E-state index in [4.69, 9.17) is 14.0 Å². The molecule has 0 spiro atoms. The minimum absolute atomic E-state index is 0.389. The molecule has 2 aromatic rings. The van der Waals surface area contributed by atoms with E-state index >= 15 is 0 Å². The van der Waals surface area contributed by atoms with E-state index in [9.17, 15) is 0 Å². The van der Waals surface area contributed by atoms with E-state index < -0.39 is 7.12 Å². The van der Waals surface area contributed by atoms with Crippen LogP contribution in [0.2, 0.25) is 0 Å². The lowest BCUT2D eigenvalue weighted by atomic mass is 9.79. The van der Waals surface area contributed by atoms with E-state index in [2.05, 4.69) is 10.2 Å². The molecule has 0 radical (unpaired) electrons. The maximum atomic E-state index is 6.10. The number of aromatic nitrogens is 3. The SMILES string of the molecule is COc1c(B2OC(C)(C)C(C)(C)O2)ccc2nnc(C)n12. The molecule has 7 heteroatoms. The van der Waals surface area contributed by atoms with Gasteiger partial charge in [-0.1, -0.05) is 6.07 Å². The monoisotopic (exact) mass is 289 g/mol. The van der Waals surface area contributed by atoms with Crippen LogP contribution in [0.1, 0.15) is 33.5 Å². The fraction of sp³-hybridized carbons (Fsp3) is 0.571. The van der Waals surface area contributed by atoms with Gasteiger partial charge < -0.3 is 14.0 Å². The van der Waals surface area contributed by atoms with Crippen LogP contribution in [0.3, 0.4) is 0 Å². The van der Waals surface area contributed by atoms with Gasteiger partial charge in [0.2, 0.25) is 0 Å². The Morgan fingerprint density at radius 1 is 1.10 bits per heavy atom. The van der Waals surface area contributed by atoms with Crippen molar-refractivity contribution in [1.82, 2.24) is 14.6 Å². The second-order valence-electron chi connectivity index (χ2n) is 6.33. The number of methoxy groups -OCH3 is 1. The lowest BCUT2D eigenvalue weighted by Crippen LogP contribution is -2.41. The Bertz CT molecular complexity index is 680. The number of hydrogen-bond acceptors (Lipinski definition) is 5. The van der Waals surface area contributed by atoms with Gasteiger partial charge in [-0.15, -0.1) is 10.2 Å². The molecule has 2 aromatic heterocycles. The summed E-state index contributed by atoms with van der Waals surface area (Å²) >= 11 is 0. The van der Waals surface area contributed by atoms with Gasteiger partial charge in [0.25, 0.3) is 0 Å². The Morgan fingerprint density at radius 2 is 1.71 bits per heavy atom. The molecule has 0 aromatic carbocycles. The molecule has 0 amide bonds. The van der Waals surface area contributed by atoms with Gasteiger partial charge in [0.05, 0.1) is 18.3 Å². The molecule has 1 saturated heterocycles. The largest absolute Gasteiger partial charge is 0.500 e. The molecule has 0 N–H and O–H groups in total. The molecule has 0 bridgehead atoms. The third kappa shape index (κ3) is 2.03. The zero-order valence-electron chi connectivity index (χ0n) is 13.3. The Labute approximate surface area is 124 Å². The van der Waals surface area contributed by atoms with Crippen LogP contribution in [0.15, 0.2) is 12.1 Å². The molecular formula is C14H20BN3O3. The van der Waals surface area contributed by atoms with Gasteiger partial charge in [-0.25, -0.2) is 4.40 Å². The smallest absolute Gasteiger partial charge is 0.482 e. The number of fused-ring (bicyclic) bond motifs is 1. The summed E-state index contributed by atoms with van der Waals surface area (Å²) in [5.74, 6) is 1.41.